The largest absolute Gasteiger partial charge is 0.394 e. The monoisotopic (exact) mass is 1010 g/mol. The number of hydrogen-bond donors (Lipinski definition) is 17. The van der Waals surface area contributed by atoms with Crippen molar-refractivity contribution >= 4 is 23.6 Å². The van der Waals surface area contributed by atoms with E-state index in [1.165, 1.54) is 6.92 Å². The number of hydrogen-bond acceptors (Lipinski definition) is 25. The molecule has 69 heavy (non-hydrogen) atoms. The van der Waals surface area contributed by atoms with Gasteiger partial charge in [-0.25, -0.2) is 0 Å². The van der Waals surface area contributed by atoms with Crippen molar-refractivity contribution in [3.05, 3.63) is 0 Å². The third-order valence-electron chi connectivity index (χ3n) is 11.7. The van der Waals surface area contributed by atoms with Crippen molar-refractivity contribution in [2.24, 2.45) is 0 Å². The molecule has 0 saturated carbocycles. The van der Waals surface area contributed by atoms with Crippen LogP contribution in [0.25, 0.3) is 0 Å². The van der Waals surface area contributed by atoms with Crippen molar-refractivity contribution in [2.75, 3.05) is 52.7 Å². The molecule has 0 radical (unpaired) electrons. The molecule has 0 unspecified atom stereocenters. The Kier molecular flexibility index (Phi) is 24.1. The predicted molar refractivity (Wildman–Crippen MR) is 223 cm³/mol. The first-order valence-corrected chi connectivity index (χ1v) is 22.7. The SMILES string of the molecule is CCNC(=O)CCCCC(=O)N[C@@H](CC(=O)NCCO[C@@H]1O[C@@H](C)[C@@H](O)[C@@H](O)[C@@H]1O)C(=O)NCCO[C@H]1O[C@H](CO[C@H]2O[C@H](CO)[C@@H](O)[C@H](O)[C@@H]2O)[C@@H](O)[C@H](O[C@H]2O[C@H](CO)[C@@H](O)[C@H](O)[C@@H]2O)[C@@H]1O. The normalized spacial score (nSPS) is 38.7. The molecule has 17 N–H and O–H groups in total. The Balaban J connectivity index is 1.40. The van der Waals surface area contributed by atoms with Crippen LogP contribution in [0.3, 0.4) is 0 Å². The van der Waals surface area contributed by atoms with Crippen LogP contribution in [0.1, 0.15) is 46.0 Å². The topological polar surface area (TPSA) is 453 Å². The molecule has 4 amide bonds. The molecular weight excluding hydrogens is 936 g/mol. The number of aliphatic hydroxyl groups is 13. The number of unbranched alkanes of at least 4 members (excludes halogenated alkanes) is 1. The minimum atomic E-state index is -1.99. The number of carbonyl (C=O) groups excluding carboxylic acids is 4. The number of ether oxygens (including phenoxy) is 8. The molecule has 4 rings (SSSR count). The highest BCUT2D eigenvalue weighted by atomic mass is 16.8. The molecule has 29 heteroatoms. The third-order valence-corrected chi connectivity index (χ3v) is 11.7. The number of carbonyl (C=O) groups is 4. The molecule has 0 spiro atoms. The van der Waals surface area contributed by atoms with Crippen molar-refractivity contribution in [3.63, 3.8) is 0 Å². The first-order valence-electron chi connectivity index (χ1n) is 22.7. The van der Waals surface area contributed by atoms with Crippen LogP contribution in [-0.4, -0.2) is 272 Å². The van der Waals surface area contributed by atoms with E-state index in [0.29, 0.717) is 13.0 Å². The first kappa shape index (κ1) is 58.6. The summed E-state index contributed by atoms with van der Waals surface area (Å²) in [4.78, 5) is 51.2. The van der Waals surface area contributed by atoms with Crippen LogP contribution < -0.4 is 21.3 Å². The fourth-order valence-electron chi connectivity index (χ4n) is 7.65. The van der Waals surface area contributed by atoms with Crippen LogP contribution in [0.2, 0.25) is 0 Å². The van der Waals surface area contributed by atoms with Crippen LogP contribution in [0.15, 0.2) is 0 Å². The lowest BCUT2D eigenvalue weighted by Gasteiger charge is -2.46. The molecule has 4 fully saturated rings. The van der Waals surface area contributed by atoms with Gasteiger partial charge in [-0.05, 0) is 26.7 Å². The highest BCUT2D eigenvalue weighted by Crippen LogP contribution is 2.31. The standard InChI is InChI=1S/C40H70N4O25/c1-3-41-21(47)6-4-5-7-22(48)44-17(12-23(49)42-8-10-62-37-31(57)28(54)24(50)16(2)65-37)36(61)43-9-11-63-39-34(60)35(69-40-33(59)30(56)26(52)19(14-46)67-40)27(53)20(68-39)15-64-38-32(58)29(55)25(51)18(13-45)66-38/h16-20,24-35,37-40,45-46,50-60H,3-15H2,1-2H3,(H,41,47)(H,42,49)(H,43,61)(H,44,48)/t16-,17-,18+,19+,20+,24+,25+,26+,27+,28+,29-,30-,31-,32-,33-,34-,35-,37+,38-,39-,40+/m0/s1. The Morgan fingerprint density at radius 3 is 1.59 bits per heavy atom. The van der Waals surface area contributed by atoms with E-state index >= 15 is 0 Å². The number of amides is 4. The zero-order valence-electron chi connectivity index (χ0n) is 38.0. The first-order chi connectivity index (χ1) is 32.7. The van der Waals surface area contributed by atoms with Crippen molar-refractivity contribution in [1.82, 2.24) is 21.3 Å². The summed E-state index contributed by atoms with van der Waals surface area (Å²) < 4.78 is 44.1. The maximum Gasteiger partial charge on any atom is 0.243 e. The fraction of sp³-hybridized carbons (Fsp3) is 0.900. The quantitative estimate of drug-likeness (QED) is 0.0378. The van der Waals surface area contributed by atoms with E-state index < -0.39 is 179 Å². The van der Waals surface area contributed by atoms with Gasteiger partial charge in [0.05, 0.1) is 45.6 Å². The van der Waals surface area contributed by atoms with Gasteiger partial charge in [-0.3, -0.25) is 19.2 Å². The zero-order valence-corrected chi connectivity index (χ0v) is 38.0. The lowest BCUT2D eigenvalue weighted by molar-refractivity contribution is -0.366. The van der Waals surface area contributed by atoms with Crippen molar-refractivity contribution < 1.29 is 123 Å². The lowest BCUT2D eigenvalue weighted by Crippen LogP contribution is -2.65. The van der Waals surface area contributed by atoms with Crippen LogP contribution in [0.4, 0.5) is 0 Å². The third kappa shape index (κ3) is 16.3. The zero-order chi connectivity index (χ0) is 51.1. The average Bonchev–Trinajstić information content (AvgIpc) is 3.32. The molecule has 0 aliphatic carbocycles. The van der Waals surface area contributed by atoms with Gasteiger partial charge in [0, 0.05) is 32.5 Å². The number of nitrogens with one attached hydrogen (secondary N) is 4. The molecule has 4 aliphatic heterocycles. The highest BCUT2D eigenvalue weighted by molar-refractivity contribution is 5.92. The van der Waals surface area contributed by atoms with Gasteiger partial charge in [0.1, 0.15) is 97.6 Å². The van der Waals surface area contributed by atoms with E-state index in [1.54, 1.807) is 6.92 Å². The van der Waals surface area contributed by atoms with Gasteiger partial charge in [0.25, 0.3) is 0 Å². The van der Waals surface area contributed by atoms with Gasteiger partial charge in [-0.1, -0.05) is 0 Å². The highest BCUT2D eigenvalue weighted by Gasteiger charge is 2.52. The van der Waals surface area contributed by atoms with Gasteiger partial charge < -0.3 is 126 Å². The summed E-state index contributed by atoms with van der Waals surface area (Å²) in [6.07, 6.45) is -33.3. The second kappa shape index (κ2) is 28.3. The van der Waals surface area contributed by atoms with E-state index in [9.17, 15) is 85.6 Å². The Morgan fingerprint density at radius 2 is 1.01 bits per heavy atom. The van der Waals surface area contributed by atoms with Gasteiger partial charge in [0.2, 0.25) is 23.6 Å². The minimum absolute atomic E-state index is 0.110. The summed E-state index contributed by atoms with van der Waals surface area (Å²) in [5.74, 6) is -2.45. The molecule has 4 aliphatic rings. The Labute approximate surface area is 395 Å². The van der Waals surface area contributed by atoms with E-state index in [0.717, 1.165) is 0 Å². The summed E-state index contributed by atoms with van der Waals surface area (Å²) in [5.41, 5.74) is 0. The fourth-order valence-corrected chi connectivity index (χ4v) is 7.65. The van der Waals surface area contributed by atoms with Crippen LogP contribution in [0.5, 0.6) is 0 Å². The van der Waals surface area contributed by atoms with Crippen molar-refractivity contribution in [1.29, 1.82) is 0 Å². The van der Waals surface area contributed by atoms with Crippen LogP contribution in [-0.2, 0) is 57.1 Å². The summed E-state index contributed by atoms with van der Waals surface area (Å²) in [6.45, 7) is -0.0108. The molecule has 4 saturated heterocycles. The van der Waals surface area contributed by atoms with E-state index in [4.69, 9.17) is 37.9 Å². The van der Waals surface area contributed by atoms with E-state index in [-0.39, 0.29) is 44.9 Å². The summed E-state index contributed by atoms with van der Waals surface area (Å²) in [7, 11) is 0. The maximum atomic E-state index is 13.5. The molecule has 0 bridgehead atoms. The van der Waals surface area contributed by atoms with Gasteiger partial charge in [-0.2, -0.15) is 0 Å². The lowest BCUT2D eigenvalue weighted by atomic mass is 9.96. The number of rotatable bonds is 25. The van der Waals surface area contributed by atoms with Crippen LogP contribution in [0, 0.1) is 0 Å². The number of aliphatic hydroxyl groups excluding tert-OH is 13. The van der Waals surface area contributed by atoms with Crippen molar-refractivity contribution in [3.8, 4) is 0 Å². The molecule has 400 valence electrons. The minimum Gasteiger partial charge on any atom is -0.394 e. The van der Waals surface area contributed by atoms with Crippen LogP contribution >= 0.6 is 0 Å². The van der Waals surface area contributed by atoms with Gasteiger partial charge in [0.15, 0.2) is 25.2 Å². The second-order valence-corrected chi connectivity index (χ2v) is 16.9. The molecule has 29 nitrogen and oxygen atoms in total. The smallest absolute Gasteiger partial charge is 0.243 e. The maximum absolute atomic E-state index is 13.5. The molecule has 4 heterocycles. The van der Waals surface area contributed by atoms with E-state index in [1.807, 2.05) is 0 Å². The second-order valence-electron chi connectivity index (χ2n) is 16.9. The Hall–Kier alpha value is -2.96. The summed E-state index contributed by atoms with van der Waals surface area (Å²) in [5, 5.41) is 144. The molecular formula is C40H70N4O25. The molecule has 0 aromatic carbocycles. The molecule has 0 aromatic heterocycles. The van der Waals surface area contributed by atoms with E-state index in [2.05, 4.69) is 21.3 Å². The predicted octanol–water partition coefficient (Wildman–Crippen LogP) is -9.90. The summed E-state index contributed by atoms with van der Waals surface area (Å²) in [6, 6.07) is -1.48. The average molecular weight is 1010 g/mol. The van der Waals surface area contributed by atoms with Crippen molar-refractivity contribution in [2.45, 2.75) is 175 Å². The molecule has 21 atom stereocenters. The van der Waals surface area contributed by atoms with Gasteiger partial charge in [-0.15, -0.1) is 0 Å². The Morgan fingerprint density at radius 1 is 0.522 bits per heavy atom. The summed E-state index contributed by atoms with van der Waals surface area (Å²) >= 11 is 0. The molecule has 0 aromatic rings. The van der Waals surface area contributed by atoms with Gasteiger partial charge >= 0.3 is 0 Å². The Bertz CT molecular complexity index is 1590.